The highest BCUT2D eigenvalue weighted by Gasteiger charge is 2.33. The molecule has 8 nitrogen and oxygen atoms in total. The molecule has 0 saturated carbocycles. The topological polar surface area (TPSA) is 131 Å². The summed E-state index contributed by atoms with van der Waals surface area (Å²) in [4.78, 5) is 16.2. The Hall–Kier alpha value is -3.29. The van der Waals surface area contributed by atoms with Crippen LogP contribution in [0, 0.1) is 5.92 Å². The molecule has 0 amide bonds. The molecule has 0 spiro atoms. The first-order valence-corrected chi connectivity index (χ1v) is 8.76. The lowest BCUT2D eigenvalue weighted by Gasteiger charge is -2.25. The quantitative estimate of drug-likeness (QED) is 0.558. The Labute approximate surface area is 156 Å². The summed E-state index contributed by atoms with van der Waals surface area (Å²) in [5.41, 5.74) is 7.63. The number of H-pyrrole nitrogens is 1. The number of nitrogens with two attached hydrogens (primary N) is 1. The molecule has 2 heterocycles. The molecule has 0 saturated heterocycles. The summed E-state index contributed by atoms with van der Waals surface area (Å²) in [5, 5.41) is 23.9. The van der Waals surface area contributed by atoms with E-state index < -0.39 is 17.8 Å². The number of carboxylic acids is 1. The van der Waals surface area contributed by atoms with Gasteiger partial charge in [-0.2, -0.15) is 0 Å². The highest BCUT2D eigenvalue weighted by molar-refractivity contribution is 5.71. The fourth-order valence-electron chi connectivity index (χ4n) is 3.30. The molecule has 0 aliphatic carbocycles. The first-order valence-electron chi connectivity index (χ1n) is 8.76. The Bertz CT molecular complexity index is 852. The second-order valence-corrected chi connectivity index (χ2v) is 6.68. The minimum Gasteiger partial charge on any atom is -0.481 e. The SMILES string of the molecule is CC(C[C@H](C(=O)O)[C@H](Cc1ccc(N)nc1)c1nnn[nH]1)c1ccccc1. The van der Waals surface area contributed by atoms with Crippen molar-refractivity contribution in [1.82, 2.24) is 25.6 Å². The number of benzene rings is 1. The van der Waals surface area contributed by atoms with Crippen LogP contribution in [0.4, 0.5) is 5.82 Å². The standard InChI is InChI=1S/C19H22N6O2/c1-12(14-5-3-2-4-6-14)9-16(19(26)27)15(18-22-24-25-23-18)10-13-7-8-17(20)21-11-13/h2-8,11-12,15-16H,9-10H2,1H3,(H2,20,21)(H,26,27)(H,22,23,24,25)/t12?,15-,16-/m0/s1. The fourth-order valence-corrected chi connectivity index (χ4v) is 3.30. The predicted octanol–water partition coefficient (Wildman–Crippen LogP) is 2.40. The maximum atomic E-state index is 12.1. The van der Waals surface area contributed by atoms with E-state index in [0.29, 0.717) is 24.5 Å². The number of nitrogens with zero attached hydrogens (tertiary/aromatic N) is 4. The van der Waals surface area contributed by atoms with Crippen molar-refractivity contribution < 1.29 is 9.90 Å². The van der Waals surface area contributed by atoms with E-state index >= 15 is 0 Å². The smallest absolute Gasteiger partial charge is 0.307 e. The average Bonchev–Trinajstić information content (AvgIpc) is 3.21. The van der Waals surface area contributed by atoms with Crippen LogP contribution in [0.1, 0.15) is 42.1 Å². The third kappa shape index (κ3) is 4.66. The summed E-state index contributed by atoms with van der Waals surface area (Å²) in [7, 11) is 0. The van der Waals surface area contributed by atoms with Gasteiger partial charge in [-0.25, -0.2) is 10.1 Å². The lowest BCUT2D eigenvalue weighted by Crippen LogP contribution is -2.26. The number of nitrogens with one attached hydrogen (secondary N) is 1. The van der Waals surface area contributed by atoms with Gasteiger partial charge in [0, 0.05) is 12.1 Å². The van der Waals surface area contributed by atoms with Gasteiger partial charge in [-0.1, -0.05) is 43.3 Å². The van der Waals surface area contributed by atoms with E-state index in [4.69, 9.17) is 5.73 Å². The van der Waals surface area contributed by atoms with Crippen LogP contribution in [0.5, 0.6) is 0 Å². The van der Waals surface area contributed by atoms with Crippen molar-refractivity contribution in [2.75, 3.05) is 5.73 Å². The summed E-state index contributed by atoms with van der Waals surface area (Å²) >= 11 is 0. The second-order valence-electron chi connectivity index (χ2n) is 6.68. The molecule has 0 aliphatic heterocycles. The molecule has 27 heavy (non-hydrogen) atoms. The number of hydrogen-bond donors (Lipinski definition) is 3. The van der Waals surface area contributed by atoms with E-state index in [2.05, 4.69) is 25.6 Å². The van der Waals surface area contributed by atoms with Gasteiger partial charge in [0.25, 0.3) is 0 Å². The van der Waals surface area contributed by atoms with Crippen LogP contribution in [0.25, 0.3) is 0 Å². The van der Waals surface area contributed by atoms with Crippen LogP contribution in [0.15, 0.2) is 48.7 Å². The van der Waals surface area contributed by atoms with Crippen molar-refractivity contribution in [3.8, 4) is 0 Å². The summed E-state index contributed by atoms with van der Waals surface area (Å²) < 4.78 is 0. The van der Waals surface area contributed by atoms with Gasteiger partial charge in [-0.05, 0) is 46.4 Å². The zero-order valence-electron chi connectivity index (χ0n) is 15.0. The Morgan fingerprint density at radius 1 is 1.22 bits per heavy atom. The summed E-state index contributed by atoms with van der Waals surface area (Å²) in [6, 6.07) is 13.4. The van der Waals surface area contributed by atoms with Crippen molar-refractivity contribution in [3.05, 3.63) is 65.6 Å². The molecule has 0 aliphatic rings. The van der Waals surface area contributed by atoms with Crippen molar-refractivity contribution in [3.63, 3.8) is 0 Å². The van der Waals surface area contributed by atoms with Crippen LogP contribution in [-0.4, -0.2) is 36.7 Å². The van der Waals surface area contributed by atoms with Crippen LogP contribution in [0.3, 0.4) is 0 Å². The van der Waals surface area contributed by atoms with Gasteiger partial charge in [0.05, 0.1) is 5.92 Å². The third-order valence-electron chi connectivity index (χ3n) is 4.80. The first kappa shape index (κ1) is 18.5. The number of carboxylic acid groups (broad SMARTS) is 1. The zero-order valence-corrected chi connectivity index (χ0v) is 15.0. The highest BCUT2D eigenvalue weighted by Crippen LogP contribution is 2.34. The van der Waals surface area contributed by atoms with Gasteiger partial charge >= 0.3 is 5.97 Å². The number of carbonyl (C=O) groups is 1. The molecule has 1 aromatic carbocycles. The molecule has 0 bridgehead atoms. The Morgan fingerprint density at radius 2 is 2.00 bits per heavy atom. The van der Waals surface area contributed by atoms with Gasteiger partial charge < -0.3 is 10.8 Å². The number of pyridine rings is 1. The minimum atomic E-state index is -0.873. The molecule has 8 heteroatoms. The van der Waals surface area contributed by atoms with E-state index in [9.17, 15) is 9.90 Å². The molecule has 4 N–H and O–H groups in total. The number of aromatic amines is 1. The van der Waals surface area contributed by atoms with E-state index in [1.807, 2.05) is 43.3 Å². The number of anilines is 1. The summed E-state index contributed by atoms with van der Waals surface area (Å²) in [6.45, 7) is 2.03. The van der Waals surface area contributed by atoms with E-state index in [1.54, 1.807) is 12.3 Å². The monoisotopic (exact) mass is 366 g/mol. The molecule has 1 unspecified atom stereocenters. The van der Waals surface area contributed by atoms with Crippen molar-refractivity contribution in [2.24, 2.45) is 5.92 Å². The Balaban J connectivity index is 1.87. The number of tetrazole rings is 1. The number of aliphatic carboxylic acids is 1. The van der Waals surface area contributed by atoms with Crippen LogP contribution < -0.4 is 5.73 Å². The largest absolute Gasteiger partial charge is 0.481 e. The number of hydrogen-bond acceptors (Lipinski definition) is 6. The average molecular weight is 366 g/mol. The normalized spacial score (nSPS) is 14.4. The Morgan fingerprint density at radius 3 is 2.59 bits per heavy atom. The van der Waals surface area contributed by atoms with Crippen LogP contribution in [-0.2, 0) is 11.2 Å². The van der Waals surface area contributed by atoms with Crippen molar-refractivity contribution >= 4 is 11.8 Å². The molecule has 3 aromatic rings. The highest BCUT2D eigenvalue weighted by atomic mass is 16.4. The van der Waals surface area contributed by atoms with Gasteiger partial charge in [-0.15, -0.1) is 5.10 Å². The van der Waals surface area contributed by atoms with Gasteiger partial charge in [0.15, 0.2) is 5.82 Å². The second kappa shape index (κ2) is 8.39. The number of nitrogen functional groups attached to an aromatic ring is 1. The van der Waals surface area contributed by atoms with Gasteiger partial charge in [-0.3, -0.25) is 4.79 Å². The summed E-state index contributed by atoms with van der Waals surface area (Å²) in [6.07, 6.45) is 2.57. The van der Waals surface area contributed by atoms with Crippen molar-refractivity contribution in [2.45, 2.75) is 31.6 Å². The zero-order chi connectivity index (χ0) is 19.2. The van der Waals surface area contributed by atoms with Crippen LogP contribution in [0.2, 0.25) is 0 Å². The maximum absolute atomic E-state index is 12.1. The van der Waals surface area contributed by atoms with Gasteiger partial charge in [0.2, 0.25) is 0 Å². The molecular weight excluding hydrogens is 344 g/mol. The number of rotatable bonds is 8. The molecular formula is C19H22N6O2. The fraction of sp³-hybridized carbons (Fsp3) is 0.316. The molecule has 3 atom stereocenters. The van der Waals surface area contributed by atoms with Crippen molar-refractivity contribution in [1.29, 1.82) is 0 Å². The molecule has 3 rings (SSSR count). The Kier molecular flexibility index (Phi) is 5.75. The molecule has 2 aromatic heterocycles. The third-order valence-corrected chi connectivity index (χ3v) is 4.80. The summed E-state index contributed by atoms with van der Waals surface area (Å²) in [5.74, 6) is -0.983. The minimum absolute atomic E-state index is 0.0789. The lowest BCUT2D eigenvalue weighted by molar-refractivity contribution is -0.143. The van der Waals surface area contributed by atoms with E-state index in [0.717, 1.165) is 11.1 Å². The van der Waals surface area contributed by atoms with Crippen LogP contribution >= 0.6 is 0 Å². The van der Waals surface area contributed by atoms with E-state index in [1.165, 1.54) is 0 Å². The van der Waals surface area contributed by atoms with E-state index in [-0.39, 0.29) is 5.92 Å². The lowest BCUT2D eigenvalue weighted by atomic mass is 9.79. The molecule has 140 valence electrons. The predicted molar refractivity (Wildman–Crippen MR) is 99.9 cm³/mol. The van der Waals surface area contributed by atoms with Gasteiger partial charge in [0.1, 0.15) is 5.82 Å². The number of aromatic nitrogens is 5. The maximum Gasteiger partial charge on any atom is 0.307 e. The molecule has 0 radical (unpaired) electrons. The first-order chi connectivity index (χ1) is 13.0. The molecule has 0 fully saturated rings.